The molecule has 0 N–H and O–H groups in total. The van der Waals surface area contributed by atoms with E-state index in [4.69, 9.17) is 4.52 Å². The first-order valence-corrected chi connectivity index (χ1v) is 11.3. The van der Waals surface area contributed by atoms with Gasteiger partial charge in [-0.2, -0.15) is 0 Å². The van der Waals surface area contributed by atoms with E-state index in [2.05, 4.69) is 5.16 Å². The van der Waals surface area contributed by atoms with Crippen LogP contribution in [0.5, 0.6) is 0 Å². The monoisotopic (exact) mass is 383 g/mol. The Morgan fingerprint density at radius 1 is 1.08 bits per heavy atom. The molecule has 9 heteroatoms. The Morgan fingerprint density at radius 2 is 1.72 bits per heavy atom. The van der Waals surface area contributed by atoms with E-state index in [1.54, 1.807) is 0 Å². The van der Waals surface area contributed by atoms with Crippen LogP contribution in [0.1, 0.15) is 46.0 Å². The highest BCUT2D eigenvalue weighted by atomic mass is 32.2. The normalized spacial score (nSPS) is 15.3. The molecule has 0 aliphatic heterocycles. The molecule has 1 aromatic heterocycles. The van der Waals surface area contributed by atoms with Crippen molar-refractivity contribution in [2.75, 3.05) is 12.5 Å². The number of hydrogen-bond acceptors (Lipinski definition) is 7. The molecule has 0 saturated heterocycles. The van der Waals surface area contributed by atoms with Crippen LogP contribution >= 0.6 is 0 Å². The van der Waals surface area contributed by atoms with E-state index in [0.29, 0.717) is 5.76 Å². The van der Waals surface area contributed by atoms with Crippen LogP contribution in [0.2, 0.25) is 0 Å². The van der Waals surface area contributed by atoms with Crippen molar-refractivity contribution in [3.8, 4) is 0 Å². The molecule has 0 bridgehead atoms. The second kappa shape index (κ2) is 5.77. The molecule has 2 aromatic rings. The molecule has 1 saturated carbocycles. The molecule has 0 spiro atoms. The van der Waals surface area contributed by atoms with Crippen LogP contribution in [0, 0.1) is 6.92 Å². The van der Waals surface area contributed by atoms with E-state index in [9.17, 15) is 21.6 Å². The molecule has 0 amide bonds. The van der Waals surface area contributed by atoms with Crippen molar-refractivity contribution in [3.63, 3.8) is 0 Å². The zero-order valence-corrected chi connectivity index (χ0v) is 15.6. The Kier molecular flexibility index (Phi) is 4.11. The van der Waals surface area contributed by atoms with Gasteiger partial charge in [-0.05, 0) is 37.5 Å². The summed E-state index contributed by atoms with van der Waals surface area (Å²) in [5.74, 6) is 0.231. The van der Waals surface area contributed by atoms with Crippen LogP contribution in [0.15, 0.2) is 32.6 Å². The summed E-state index contributed by atoms with van der Waals surface area (Å²) in [5, 5.41) is 3.68. The third-order valence-corrected chi connectivity index (χ3v) is 6.71. The molecule has 1 fully saturated rings. The fourth-order valence-corrected chi connectivity index (χ4v) is 5.68. The Hall–Kier alpha value is -2.00. The molecule has 1 heterocycles. The number of carbonyl (C=O) groups excluding carboxylic acids is 1. The van der Waals surface area contributed by atoms with Crippen molar-refractivity contribution in [3.05, 3.63) is 40.8 Å². The summed E-state index contributed by atoms with van der Waals surface area (Å²) in [5.41, 5.74) is 0.522. The first-order valence-electron chi connectivity index (χ1n) is 7.54. The summed E-state index contributed by atoms with van der Waals surface area (Å²) in [6.07, 6.45) is 5.00. The minimum Gasteiger partial charge on any atom is -0.360 e. The van der Waals surface area contributed by atoms with Gasteiger partial charge in [0, 0.05) is 24.0 Å². The van der Waals surface area contributed by atoms with Crippen LogP contribution in [0.25, 0.3) is 0 Å². The summed E-state index contributed by atoms with van der Waals surface area (Å²) in [7, 11) is -7.62. The lowest BCUT2D eigenvalue weighted by atomic mass is 9.98. The number of carbonyl (C=O) groups is 1. The topological polar surface area (TPSA) is 111 Å². The van der Waals surface area contributed by atoms with Gasteiger partial charge in [-0.3, -0.25) is 4.79 Å². The Morgan fingerprint density at radius 3 is 2.24 bits per heavy atom. The summed E-state index contributed by atoms with van der Waals surface area (Å²) in [4.78, 5) is 12.2. The zero-order chi connectivity index (χ0) is 18.6. The molecule has 3 rings (SSSR count). The maximum absolute atomic E-state index is 12.9. The third-order valence-electron chi connectivity index (χ3n) is 4.18. The highest BCUT2D eigenvalue weighted by Crippen LogP contribution is 2.42. The zero-order valence-electron chi connectivity index (χ0n) is 13.9. The highest BCUT2D eigenvalue weighted by molar-refractivity contribution is 7.93. The third kappa shape index (κ3) is 3.25. The van der Waals surface area contributed by atoms with Crippen LogP contribution in [-0.2, 0) is 19.7 Å². The lowest BCUT2D eigenvalue weighted by molar-refractivity contribution is 0.103. The Balaban J connectivity index is 2.21. The van der Waals surface area contributed by atoms with Crippen molar-refractivity contribution < 1.29 is 26.2 Å². The van der Waals surface area contributed by atoms with Gasteiger partial charge < -0.3 is 4.52 Å². The fourth-order valence-electron chi connectivity index (χ4n) is 2.87. The molecule has 1 aromatic carbocycles. The number of ketones is 1. The number of rotatable bonds is 5. The van der Waals surface area contributed by atoms with Gasteiger partial charge >= 0.3 is 0 Å². The quantitative estimate of drug-likeness (QED) is 0.725. The molecule has 0 radical (unpaired) electrons. The summed E-state index contributed by atoms with van der Waals surface area (Å²) < 4.78 is 53.4. The molecule has 134 valence electrons. The number of nitrogens with zero attached hydrogens (tertiary/aromatic N) is 1. The fraction of sp³-hybridized carbons (Fsp3) is 0.375. The van der Waals surface area contributed by atoms with E-state index >= 15 is 0 Å². The van der Waals surface area contributed by atoms with Crippen LogP contribution in [0.4, 0.5) is 0 Å². The molecule has 7 nitrogen and oxygen atoms in total. The minimum atomic E-state index is -3.86. The number of benzene rings is 1. The van der Waals surface area contributed by atoms with Gasteiger partial charge in [0.15, 0.2) is 31.2 Å². The second-order valence-corrected chi connectivity index (χ2v) is 10.3. The summed E-state index contributed by atoms with van der Waals surface area (Å²) in [6, 6.07) is 2.50. The molecule has 1 aliphatic rings. The van der Waals surface area contributed by atoms with E-state index < -0.39 is 25.5 Å². The Bertz CT molecular complexity index is 1080. The van der Waals surface area contributed by atoms with Gasteiger partial charge in [0.2, 0.25) is 0 Å². The first kappa shape index (κ1) is 17.8. The van der Waals surface area contributed by atoms with Gasteiger partial charge in [0.1, 0.15) is 0 Å². The predicted molar refractivity (Wildman–Crippen MR) is 89.3 cm³/mol. The maximum Gasteiger partial charge on any atom is 0.198 e. The Labute approximate surface area is 145 Å². The molecule has 0 atom stereocenters. The largest absolute Gasteiger partial charge is 0.360 e. The smallest absolute Gasteiger partial charge is 0.198 e. The minimum absolute atomic E-state index is 0.110. The van der Waals surface area contributed by atoms with E-state index in [1.807, 2.05) is 0 Å². The van der Waals surface area contributed by atoms with Gasteiger partial charge in [-0.15, -0.1) is 0 Å². The lowest BCUT2D eigenvalue weighted by Crippen LogP contribution is -2.14. The second-order valence-electron chi connectivity index (χ2n) is 6.32. The number of sulfone groups is 2. The van der Waals surface area contributed by atoms with Gasteiger partial charge in [0.25, 0.3) is 0 Å². The van der Waals surface area contributed by atoms with Crippen molar-refractivity contribution in [2.24, 2.45) is 0 Å². The average molecular weight is 383 g/mol. The molecule has 1 aliphatic carbocycles. The van der Waals surface area contributed by atoms with Gasteiger partial charge in [0.05, 0.1) is 21.6 Å². The lowest BCUT2D eigenvalue weighted by Gasteiger charge is -2.13. The van der Waals surface area contributed by atoms with Crippen LogP contribution < -0.4 is 0 Å². The van der Waals surface area contributed by atoms with E-state index in [1.165, 1.54) is 19.2 Å². The van der Waals surface area contributed by atoms with Crippen molar-refractivity contribution in [2.45, 2.75) is 35.5 Å². The van der Waals surface area contributed by atoms with Crippen molar-refractivity contribution >= 4 is 25.5 Å². The summed E-state index contributed by atoms with van der Waals surface area (Å²) >= 11 is 0. The SMILES string of the molecule is Cc1c(C(=O)c2cnoc2C2CC2)ccc(S(C)(=O)=O)c1S(C)(=O)=O. The standard InChI is InChI=1S/C16H17NO6S2/c1-9-11(14(18)12-8-17-23-15(12)10-4-5-10)6-7-13(24(2,19)20)16(9)25(3,21)22/h6-8,10H,4-5H2,1-3H3. The molecule has 25 heavy (non-hydrogen) atoms. The van der Waals surface area contributed by atoms with Crippen molar-refractivity contribution in [1.82, 2.24) is 5.16 Å². The molecular formula is C16H17NO6S2. The molecular weight excluding hydrogens is 366 g/mol. The van der Waals surface area contributed by atoms with Gasteiger partial charge in [-0.25, -0.2) is 16.8 Å². The summed E-state index contributed by atoms with van der Waals surface area (Å²) in [6.45, 7) is 1.43. The predicted octanol–water partition coefficient (Wildman–Crippen LogP) is 1.90. The average Bonchev–Trinajstić information content (AvgIpc) is 3.21. The van der Waals surface area contributed by atoms with E-state index in [0.717, 1.165) is 31.4 Å². The van der Waals surface area contributed by atoms with Crippen molar-refractivity contribution in [1.29, 1.82) is 0 Å². The van der Waals surface area contributed by atoms with Gasteiger partial charge in [-0.1, -0.05) is 5.16 Å². The van der Waals surface area contributed by atoms with Crippen LogP contribution in [0.3, 0.4) is 0 Å². The first-order chi connectivity index (χ1) is 11.5. The maximum atomic E-state index is 12.9. The van der Waals surface area contributed by atoms with E-state index in [-0.39, 0.29) is 32.4 Å². The highest BCUT2D eigenvalue weighted by Gasteiger charge is 2.34. The number of aromatic nitrogens is 1. The van der Waals surface area contributed by atoms with Crippen LogP contribution in [-0.4, -0.2) is 40.3 Å². The molecule has 0 unspecified atom stereocenters. The number of hydrogen-bond donors (Lipinski definition) is 0.